The van der Waals surface area contributed by atoms with Crippen LogP contribution in [0, 0.1) is 12.7 Å². The minimum absolute atomic E-state index is 0.154. The molecule has 0 bridgehead atoms. The van der Waals surface area contributed by atoms with Crippen LogP contribution >= 0.6 is 0 Å². The average Bonchev–Trinajstić information content (AvgIpc) is 2.71. The summed E-state index contributed by atoms with van der Waals surface area (Å²) in [5.41, 5.74) is 4.57. The van der Waals surface area contributed by atoms with Crippen molar-refractivity contribution in [2.24, 2.45) is 0 Å². The topological polar surface area (TPSA) is 30.0 Å². The number of carbonyl (C=O) groups is 1. The first-order valence-corrected chi connectivity index (χ1v) is 9.06. The molecular formula is C25H18FNO. The summed E-state index contributed by atoms with van der Waals surface area (Å²) < 4.78 is 13.4. The van der Waals surface area contributed by atoms with E-state index in [2.05, 4.69) is 4.98 Å². The van der Waals surface area contributed by atoms with Gasteiger partial charge in [-0.15, -0.1) is 0 Å². The van der Waals surface area contributed by atoms with Crippen LogP contribution in [-0.2, 0) is 0 Å². The molecule has 0 saturated heterocycles. The highest BCUT2D eigenvalue weighted by molar-refractivity contribution is 6.16. The number of carbonyl (C=O) groups excluding carboxylic acids is 1. The molecule has 0 saturated carbocycles. The van der Waals surface area contributed by atoms with Crippen LogP contribution in [0.3, 0.4) is 0 Å². The number of aryl methyl sites for hydroxylation is 1. The molecule has 3 heteroatoms. The molecule has 0 N–H and O–H groups in total. The maximum Gasteiger partial charge on any atom is 0.188 e. The molecule has 0 radical (unpaired) electrons. The zero-order valence-corrected chi connectivity index (χ0v) is 15.4. The zero-order chi connectivity index (χ0) is 19.5. The predicted molar refractivity (Wildman–Crippen MR) is 112 cm³/mol. The van der Waals surface area contributed by atoms with Gasteiger partial charge in [-0.3, -0.25) is 9.78 Å². The van der Waals surface area contributed by atoms with Gasteiger partial charge in [0, 0.05) is 16.6 Å². The van der Waals surface area contributed by atoms with Gasteiger partial charge in [-0.2, -0.15) is 0 Å². The van der Waals surface area contributed by atoms with Gasteiger partial charge in [-0.1, -0.05) is 66.7 Å². The number of fused-ring (bicyclic) bond motifs is 1. The fraction of sp³-hybridized carbons (Fsp3) is 0.0400. The Hall–Kier alpha value is -3.59. The van der Waals surface area contributed by atoms with Gasteiger partial charge in [0.25, 0.3) is 0 Å². The van der Waals surface area contributed by atoms with Crippen LogP contribution in [-0.4, -0.2) is 10.8 Å². The van der Waals surface area contributed by atoms with Gasteiger partial charge in [0.2, 0.25) is 0 Å². The molecule has 136 valence electrons. The van der Waals surface area contributed by atoms with Crippen molar-refractivity contribution in [3.05, 3.63) is 108 Å². The molecule has 1 heterocycles. The first-order chi connectivity index (χ1) is 13.6. The first kappa shape index (κ1) is 17.8. The van der Waals surface area contributed by atoms with Crippen LogP contribution in [0.5, 0.6) is 0 Å². The van der Waals surface area contributed by atoms with Crippen LogP contribution in [0.2, 0.25) is 0 Å². The molecule has 0 aliphatic rings. The van der Waals surface area contributed by atoms with Crippen molar-refractivity contribution in [3.63, 3.8) is 0 Å². The van der Waals surface area contributed by atoms with Crippen LogP contribution in [0.25, 0.3) is 28.1 Å². The molecule has 28 heavy (non-hydrogen) atoms. The summed E-state index contributed by atoms with van der Waals surface area (Å²) in [5.74, 6) is -0.484. The number of rotatable bonds is 4. The zero-order valence-electron chi connectivity index (χ0n) is 15.4. The van der Waals surface area contributed by atoms with E-state index in [1.807, 2.05) is 61.5 Å². The lowest BCUT2D eigenvalue weighted by atomic mass is 9.92. The van der Waals surface area contributed by atoms with Crippen LogP contribution in [0.15, 0.2) is 84.9 Å². The monoisotopic (exact) mass is 367 g/mol. The third-order valence-corrected chi connectivity index (χ3v) is 4.66. The van der Waals surface area contributed by atoms with Gasteiger partial charge in [0.05, 0.1) is 11.1 Å². The van der Waals surface area contributed by atoms with Crippen molar-refractivity contribution < 1.29 is 9.18 Å². The second-order valence-corrected chi connectivity index (χ2v) is 6.58. The highest BCUT2D eigenvalue weighted by Crippen LogP contribution is 2.33. The molecular weight excluding hydrogens is 349 g/mol. The first-order valence-electron chi connectivity index (χ1n) is 9.06. The minimum Gasteiger partial charge on any atom is -0.289 e. The maximum absolute atomic E-state index is 13.4. The van der Waals surface area contributed by atoms with E-state index in [4.69, 9.17) is 0 Å². The molecule has 4 aromatic rings. The number of hydrogen-bond donors (Lipinski definition) is 0. The summed E-state index contributed by atoms with van der Waals surface area (Å²) in [6.07, 6.45) is 3.12. The van der Waals surface area contributed by atoms with E-state index in [1.54, 1.807) is 18.2 Å². The van der Waals surface area contributed by atoms with Crippen molar-refractivity contribution >= 4 is 22.8 Å². The fourth-order valence-corrected chi connectivity index (χ4v) is 3.41. The van der Waals surface area contributed by atoms with Gasteiger partial charge < -0.3 is 0 Å². The Bertz CT molecular complexity index is 1200. The van der Waals surface area contributed by atoms with Gasteiger partial charge in [0.15, 0.2) is 5.78 Å². The number of pyridine rings is 1. The van der Waals surface area contributed by atoms with Crippen molar-refractivity contribution in [2.45, 2.75) is 6.92 Å². The third-order valence-electron chi connectivity index (χ3n) is 4.66. The molecule has 0 unspecified atom stereocenters. The number of ketones is 1. The van der Waals surface area contributed by atoms with Crippen LogP contribution in [0.1, 0.15) is 21.6 Å². The number of allylic oxidation sites excluding steroid dienone is 1. The number of para-hydroxylation sites is 1. The third kappa shape index (κ3) is 3.47. The number of halogens is 1. The Morgan fingerprint density at radius 3 is 2.46 bits per heavy atom. The van der Waals surface area contributed by atoms with Crippen molar-refractivity contribution in [1.82, 2.24) is 4.98 Å². The van der Waals surface area contributed by atoms with Gasteiger partial charge in [0.1, 0.15) is 5.82 Å². The van der Waals surface area contributed by atoms with Crippen molar-refractivity contribution in [3.8, 4) is 11.1 Å². The lowest BCUT2D eigenvalue weighted by Crippen LogP contribution is -2.05. The molecule has 0 aliphatic heterocycles. The fourth-order valence-electron chi connectivity index (χ4n) is 3.41. The lowest BCUT2D eigenvalue weighted by Gasteiger charge is -2.14. The highest BCUT2D eigenvalue weighted by atomic mass is 19.1. The Balaban J connectivity index is 1.88. The Labute approximate surface area is 163 Å². The van der Waals surface area contributed by atoms with E-state index in [1.165, 1.54) is 18.2 Å². The summed E-state index contributed by atoms with van der Waals surface area (Å²) in [6.45, 7) is 1.85. The molecule has 1 aromatic heterocycles. The van der Waals surface area contributed by atoms with Gasteiger partial charge >= 0.3 is 0 Å². The van der Waals surface area contributed by atoms with E-state index in [0.717, 1.165) is 22.0 Å². The molecule has 0 fully saturated rings. The summed E-state index contributed by atoms with van der Waals surface area (Å²) in [4.78, 5) is 17.8. The normalized spacial score (nSPS) is 11.2. The standard InChI is InChI=1S/C25H18FNO/c1-17-24(23(28)15-14-18-8-7-11-20(26)16-18)25(19-9-3-2-4-10-19)21-12-5-6-13-22(21)27-17/h2-16H,1H3. The SMILES string of the molecule is Cc1nc2ccccc2c(-c2ccccc2)c1C(=O)C=Cc1cccc(F)c1. The minimum atomic E-state index is -0.330. The molecule has 0 amide bonds. The van der Waals surface area contributed by atoms with Gasteiger partial charge in [-0.05, 0) is 42.3 Å². The Morgan fingerprint density at radius 2 is 1.68 bits per heavy atom. The summed E-state index contributed by atoms with van der Waals surface area (Å²) >= 11 is 0. The molecule has 2 nitrogen and oxygen atoms in total. The average molecular weight is 367 g/mol. The Morgan fingerprint density at radius 1 is 0.929 bits per heavy atom. The van der Waals surface area contributed by atoms with Crippen LogP contribution in [0.4, 0.5) is 4.39 Å². The Kier molecular flexibility index (Phi) is 4.81. The predicted octanol–water partition coefficient (Wildman–Crippen LogP) is 6.25. The molecule has 0 spiro atoms. The van der Waals surface area contributed by atoms with E-state index < -0.39 is 0 Å². The summed E-state index contributed by atoms with van der Waals surface area (Å²) in [7, 11) is 0. The van der Waals surface area contributed by atoms with Crippen molar-refractivity contribution in [2.75, 3.05) is 0 Å². The number of nitrogens with zero attached hydrogens (tertiary/aromatic N) is 1. The van der Waals surface area contributed by atoms with E-state index in [0.29, 0.717) is 16.8 Å². The largest absolute Gasteiger partial charge is 0.289 e. The van der Waals surface area contributed by atoms with Crippen LogP contribution < -0.4 is 0 Å². The van der Waals surface area contributed by atoms with E-state index >= 15 is 0 Å². The lowest BCUT2D eigenvalue weighted by molar-refractivity contribution is 0.104. The van der Waals surface area contributed by atoms with E-state index in [-0.39, 0.29) is 11.6 Å². The second-order valence-electron chi connectivity index (χ2n) is 6.58. The number of aromatic nitrogens is 1. The molecule has 4 rings (SSSR count). The quantitative estimate of drug-likeness (QED) is 0.315. The van der Waals surface area contributed by atoms with Crippen molar-refractivity contribution in [1.29, 1.82) is 0 Å². The second kappa shape index (κ2) is 7.57. The number of benzene rings is 3. The number of hydrogen-bond acceptors (Lipinski definition) is 2. The summed E-state index contributed by atoms with van der Waals surface area (Å²) in [6, 6.07) is 23.8. The molecule has 3 aromatic carbocycles. The molecule has 0 atom stereocenters. The smallest absolute Gasteiger partial charge is 0.188 e. The highest BCUT2D eigenvalue weighted by Gasteiger charge is 2.18. The maximum atomic E-state index is 13.4. The van der Waals surface area contributed by atoms with Gasteiger partial charge in [-0.25, -0.2) is 4.39 Å². The van der Waals surface area contributed by atoms with E-state index in [9.17, 15) is 9.18 Å². The summed E-state index contributed by atoms with van der Waals surface area (Å²) in [5, 5.41) is 0.932. The molecule has 0 aliphatic carbocycles.